The van der Waals surface area contributed by atoms with Crippen molar-refractivity contribution in [3.8, 4) is 0 Å². The Labute approximate surface area is 114 Å². The number of amides is 1. The molecule has 1 aromatic rings. The molecule has 0 radical (unpaired) electrons. The smallest absolute Gasteiger partial charge is 0.329 e. The van der Waals surface area contributed by atoms with E-state index in [9.17, 15) is 19.7 Å². The van der Waals surface area contributed by atoms with Gasteiger partial charge in [-0.2, -0.15) is 0 Å². The minimum absolute atomic E-state index is 0.0575. The predicted molar refractivity (Wildman–Crippen MR) is 68.8 cm³/mol. The van der Waals surface area contributed by atoms with Crippen LogP contribution in [0, 0.1) is 10.1 Å². The highest BCUT2D eigenvalue weighted by Gasteiger charge is 2.34. The summed E-state index contributed by atoms with van der Waals surface area (Å²) in [6.07, 6.45) is 3.42. The highest BCUT2D eigenvalue weighted by atomic mass is 16.6. The predicted octanol–water partition coefficient (Wildman–Crippen LogP) is 1.50. The fourth-order valence-corrected chi connectivity index (χ4v) is 2.03. The van der Waals surface area contributed by atoms with Gasteiger partial charge in [0.1, 0.15) is 11.6 Å². The maximum Gasteiger partial charge on any atom is 0.329 e. The molecule has 7 heteroatoms. The summed E-state index contributed by atoms with van der Waals surface area (Å²) in [5.41, 5.74) is -0.348. The number of para-hydroxylation sites is 1. The van der Waals surface area contributed by atoms with Gasteiger partial charge in [0.25, 0.3) is 11.6 Å². The molecule has 1 amide bonds. The summed E-state index contributed by atoms with van der Waals surface area (Å²) >= 11 is 0. The van der Waals surface area contributed by atoms with Crippen LogP contribution in [-0.2, 0) is 9.53 Å². The van der Waals surface area contributed by atoms with Gasteiger partial charge in [-0.25, -0.2) is 4.79 Å². The molecule has 7 nitrogen and oxygen atoms in total. The first kappa shape index (κ1) is 13.7. The molecular formula is C13H12N2O5. The Morgan fingerprint density at radius 3 is 2.75 bits per heavy atom. The van der Waals surface area contributed by atoms with E-state index in [2.05, 4.69) is 4.74 Å². The number of benzene rings is 1. The first-order valence-corrected chi connectivity index (χ1v) is 5.87. The molecule has 1 heterocycles. The van der Waals surface area contributed by atoms with Gasteiger partial charge in [0, 0.05) is 12.3 Å². The number of ether oxygens (including phenoxy) is 1. The summed E-state index contributed by atoms with van der Waals surface area (Å²) in [4.78, 5) is 35.4. The number of hydrogen-bond donors (Lipinski definition) is 0. The zero-order valence-corrected chi connectivity index (χ0v) is 10.7. The lowest BCUT2D eigenvalue weighted by molar-refractivity contribution is -0.385. The van der Waals surface area contributed by atoms with Crippen LogP contribution in [0.1, 0.15) is 16.8 Å². The molecule has 0 unspecified atom stereocenters. The second-order valence-corrected chi connectivity index (χ2v) is 4.15. The highest BCUT2D eigenvalue weighted by molar-refractivity contribution is 6.01. The molecule has 1 aliphatic rings. The van der Waals surface area contributed by atoms with Gasteiger partial charge < -0.3 is 9.64 Å². The van der Waals surface area contributed by atoms with Gasteiger partial charge >= 0.3 is 5.97 Å². The number of nitrogens with zero attached hydrogens (tertiary/aromatic N) is 2. The Morgan fingerprint density at radius 1 is 1.40 bits per heavy atom. The molecule has 1 aliphatic heterocycles. The van der Waals surface area contributed by atoms with Crippen LogP contribution in [0.4, 0.5) is 5.69 Å². The fourth-order valence-electron chi connectivity index (χ4n) is 2.03. The third-order valence-electron chi connectivity index (χ3n) is 3.00. The van der Waals surface area contributed by atoms with Crippen LogP contribution in [0.2, 0.25) is 0 Å². The van der Waals surface area contributed by atoms with Crippen molar-refractivity contribution in [3.63, 3.8) is 0 Å². The minimum Gasteiger partial charge on any atom is -0.467 e. The zero-order chi connectivity index (χ0) is 14.7. The summed E-state index contributed by atoms with van der Waals surface area (Å²) in [6, 6.07) is 4.85. The van der Waals surface area contributed by atoms with E-state index in [1.54, 1.807) is 6.08 Å². The third-order valence-corrected chi connectivity index (χ3v) is 3.00. The molecule has 0 aliphatic carbocycles. The Morgan fingerprint density at radius 2 is 2.10 bits per heavy atom. The quantitative estimate of drug-likeness (QED) is 0.474. The van der Waals surface area contributed by atoms with E-state index in [1.165, 1.54) is 37.6 Å². The number of esters is 1. The van der Waals surface area contributed by atoms with Crippen LogP contribution in [0.3, 0.4) is 0 Å². The van der Waals surface area contributed by atoms with E-state index in [0.29, 0.717) is 6.42 Å². The molecule has 0 saturated carbocycles. The Bertz CT molecular complexity index is 596. The second-order valence-electron chi connectivity index (χ2n) is 4.15. The molecule has 20 heavy (non-hydrogen) atoms. The van der Waals surface area contributed by atoms with Gasteiger partial charge in [-0.1, -0.05) is 18.2 Å². The first-order valence-electron chi connectivity index (χ1n) is 5.87. The lowest BCUT2D eigenvalue weighted by Gasteiger charge is -2.21. The number of nitro groups is 1. The van der Waals surface area contributed by atoms with Crippen LogP contribution in [0.15, 0.2) is 36.5 Å². The van der Waals surface area contributed by atoms with Crippen molar-refractivity contribution >= 4 is 17.6 Å². The van der Waals surface area contributed by atoms with Crippen molar-refractivity contribution < 1.29 is 19.2 Å². The SMILES string of the molecule is COC(=O)[C@@H]1CC=CN1C(=O)c1ccccc1[N+](=O)[O-]. The van der Waals surface area contributed by atoms with Crippen molar-refractivity contribution in [3.05, 3.63) is 52.2 Å². The average molecular weight is 276 g/mol. The van der Waals surface area contributed by atoms with Crippen molar-refractivity contribution in [2.75, 3.05) is 7.11 Å². The van der Waals surface area contributed by atoms with Crippen LogP contribution in [0.25, 0.3) is 0 Å². The van der Waals surface area contributed by atoms with E-state index in [1.807, 2.05) is 0 Å². The Kier molecular flexibility index (Phi) is 3.79. The number of rotatable bonds is 3. The van der Waals surface area contributed by atoms with Gasteiger partial charge in [-0.05, 0) is 12.5 Å². The van der Waals surface area contributed by atoms with E-state index < -0.39 is 22.8 Å². The van der Waals surface area contributed by atoms with Gasteiger partial charge in [-0.3, -0.25) is 14.9 Å². The van der Waals surface area contributed by atoms with Crippen molar-refractivity contribution in [1.82, 2.24) is 4.90 Å². The highest BCUT2D eigenvalue weighted by Crippen LogP contribution is 2.24. The van der Waals surface area contributed by atoms with E-state index >= 15 is 0 Å². The van der Waals surface area contributed by atoms with Gasteiger partial charge in [0.2, 0.25) is 0 Å². The first-order chi connectivity index (χ1) is 9.56. The van der Waals surface area contributed by atoms with Gasteiger partial charge in [0.05, 0.1) is 12.0 Å². The van der Waals surface area contributed by atoms with E-state index in [-0.39, 0.29) is 11.3 Å². The van der Waals surface area contributed by atoms with Crippen LogP contribution in [0.5, 0.6) is 0 Å². The maximum absolute atomic E-state index is 12.4. The lowest BCUT2D eigenvalue weighted by atomic mass is 10.1. The average Bonchev–Trinajstić information content (AvgIpc) is 2.95. The van der Waals surface area contributed by atoms with E-state index in [0.717, 1.165) is 4.90 Å². The van der Waals surface area contributed by atoms with Crippen molar-refractivity contribution in [2.24, 2.45) is 0 Å². The number of hydrogen-bond acceptors (Lipinski definition) is 5. The molecule has 0 aromatic heterocycles. The zero-order valence-electron chi connectivity index (χ0n) is 10.7. The molecule has 0 bridgehead atoms. The van der Waals surface area contributed by atoms with Crippen molar-refractivity contribution in [1.29, 1.82) is 0 Å². The normalized spacial score (nSPS) is 17.1. The molecular weight excluding hydrogens is 264 g/mol. The molecule has 0 N–H and O–H groups in total. The Balaban J connectivity index is 2.34. The number of carbonyl (C=O) groups excluding carboxylic acids is 2. The Hall–Kier alpha value is -2.70. The van der Waals surface area contributed by atoms with Crippen LogP contribution in [-0.4, -0.2) is 34.9 Å². The lowest BCUT2D eigenvalue weighted by Crippen LogP contribution is -2.39. The summed E-state index contributed by atoms with van der Waals surface area (Å²) < 4.78 is 4.62. The van der Waals surface area contributed by atoms with Gasteiger partial charge in [-0.15, -0.1) is 0 Å². The van der Waals surface area contributed by atoms with Crippen LogP contribution >= 0.6 is 0 Å². The molecule has 104 valence electrons. The summed E-state index contributed by atoms with van der Waals surface area (Å²) in [5, 5.41) is 10.9. The number of methoxy groups -OCH3 is 1. The monoisotopic (exact) mass is 276 g/mol. The van der Waals surface area contributed by atoms with Crippen molar-refractivity contribution in [2.45, 2.75) is 12.5 Å². The van der Waals surface area contributed by atoms with E-state index in [4.69, 9.17) is 0 Å². The van der Waals surface area contributed by atoms with Gasteiger partial charge in [0.15, 0.2) is 0 Å². The molecule has 1 atom stereocenters. The van der Waals surface area contributed by atoms with Crippen LogP contribution < -0.4 is 0 Å². The molecule has 2 rings (SSSR count). The number of nitro benzene ring substituents is 1. The molecule has 0 spiro atoms. The number of carbonyl (C=O) groups is 2. The standard InChI is InChI=1S/C13H12N2O5/c1-20-13(17)11-7-4-8-14(11)12(16)9-5-2-3-6-10(9)15(18)19/h2-6,8,11H,7H2,1H3/t11-/m0/s1. The molecule has 0 saturated heterocycles. The summed E-state index contributed by atoms with van der Waals surface area (Å²) in [7, 11) is 1.23. The molecule has 0 fully saturated rings. The maximum atomic E-state index is 12.4. The second kappa shape index (κ2) is 5.52. The topological polar surface area (TPSA) is 89.8 Å². The summed E-state index contributed by atoms with van der Waals surface area (Å²) in [5.74, 6) is -1.15. The summed E-state index contributed by atoms with van der Waals surface area (Å²) in [6.45, 7) is 0. The minimum atomic E-state index is -0.771. The molecule has 1 aromatic carbocycles. The fraction of sp³-hybridized carbons (Fsp3) is 0.231. The largest absolute Gasteiger partial charge is 0.467 e. The third kappa shape index (κ3) is 2.37.